The second-order valence-corrected chi connectivity index (χ2v) is 26.2. The maximum absolute atomic E-state index is 6.71. The second-order valence-electron chi connectivity index (χ2n) is 11.5. The van der Waals surface area contributed by atoms with E-state index in [1.54, 1.807) is 0 Å². The Labute approximate surface area is 162 Å². The zero-order valence-electron chi connectivity index (χ0n) is 19.5. The lowest BCUT2D eigenvalue weighted by molar-refractivity contribution is 0.176. The van der Waals surface area contributed by atoms with E-state index in [9.17, 15) is 0 Å². The summed E-state index contributed by atoms with van der Waals surface area (Å²) in [5.41, 5.74) is 2.43. The van der Waals surface area contributed by atoms with Gasteiger partial charge in [-0.25, -0.2) is 0 Å². The van der Waals surface area contributed by atoms with Gasteiger partial charge in [-0.15, -0.1) is 0 Å². The normalized spacial score (nSPS) is 16.5. The van der Waals surface area contributed by atoms with Crippen LogP contribution < -0.4 is 0 Å². The largest absolute Gasteiger partial charge is 0.417 e. The van der Waals surface area contributed by atoms with Gasteiger partial charge in [-0.05, 0) is 42.7 Å². The van der Waals surface area contributed by atoms with Gasteiger partial charge in [0.1, 0.15) is 0 Å². The molecular weight excluding hydrogens is 356 g/mol. The van der Waals surface area contributed by atoms with Crippen molar-refractivity contribution < 1.29 is 8.85 Å². The molecule has 0 aromatic carbocycles. The van der Waals surface area contributed by atoms with E-state index < -0.39 is 24.7 Å². The molecule has 0 amide bonds. The van der Waals surface area contributed by atoms with Crippen LogP contribution in [0.4, 0.5) is 0 Å². The summed E-state index contributed by atoms with van der Waals surface area (Å²) < 4.78 is 13.1. The molecule has 0 bridgehead atoms. The summed E-state index contributed by atoms with van der Waals surface area (Å²) in [5.74, 6) is 0. The highest BCUT2D eigenvalue weighted by molar-refractivity contribution is 6.81. The van der Waals surface area contributed by atoms with Gasteiger partial charge >= 0.3 is 0 Å². The molecule has 0 N–H and O–H groups in total. The number of hydrogen-bond acceptors (Lipinski definition) is 2. The highest BCUT2D eigenvalue weighted by Gasteiger charge is 2.40. The van der Waals surface area contributed by atoms with Gasteiger partial charge in [0, 0.05) is 6.61 Å². The van der Waals surface area contributed by atoms with E-state index in [0.717, 1.165) is 13.0 Å². The van der Waals surface area contributed by atoms with E-state index >= 15 is 0 Å². The fourth-order valence-corrected chi connectivity index (χ4v) is 4.95. The Morgan fingerprint density at radius 2 is 1.20 bits per heavy atom. The quantitative estimate of drug-likeness (QED) is 0.399. The Hall–Kier alpha value is 0.311. The van der Waals surface area contributed by atoms with Crippen LogP contribution in [0.15, 0.2) is 11.8 Å². The molecule has 0 aliphatic heterocycles. The lowest BCUT2D eigenvalue weighted by Crippen LogP contribution is -2.45. The van der Waals surface area contributed by atoms with Crippen molar-refractivity contribution in [3.05, 3.63) is 11.8 Å². The van der Waals surface area contributed by atoms with Crippen molar-refractivity contribution in [1.82, 2.24) is 0 Å². The molecule has 150 valence electrons. The summed E-state index contributed by atoms with van der Waals surface area (Å²) in [4.78, 5) is 0. The molecule has 0 aromatic rings. The Morgan fingerprint density at radius 1 is 0.760 bits per heavy atom. The first-order valence-electron chi connectivity index (χ1n) is 9.80. The monoisotopic (exact) mass is 402 g/mol. The fourth-order valence-electron chi connectivity index (χ4n) is 1.79. The zero-order valence-corrected chi connectivity index (χ0v) is 22.5. The molecule has 0 unspecified atom stereocenters. The molecule has 0 aliphatic rings. The third kappa shape index (κ3) is 9.18. The van der Waals surface area contributed by atoms with E-state index in [-0.39, 0.29) is 16.2 Å². The van der Waals surface area contributed by atoms with Gasteiger partial charge in [-0.3, -0.25) is 0 Å². The summed E-state index contributed by atoms with van der Waals surface area (Å²) in [7, 11) is -4.69. The van der Waals surface area contributed by atoms with Crippen LogP contribution in [0.3, 0.4) is 0 Å². The summed E-state index contributed by atoms with van der Waals surface area (Å²) in [6, 6.07) is 0. The van der Waals surface area contributed by atoms with Gasteiger partial charge in [-0.2, -0.15) is 0 Å². The van der Waals surface area contributed by atoms with E-state index in [4.69, 9.17) is 8.85 Å². The van der Waals surface area contributed by atoms with Crippen LogP contribution >= 0.6 is 0 Å². The molecule has 0 saturated heterocycles. The van der Waals surface area contributed by atoms with E-state index in [0.29, 0.717) is 0 Å². The average molecular weight is 403 g/mol. The zero-order chi connectivity index (χ0) is 20.3. The highest BCUT2D eigenvalue weighted by atomic mass is 28.4. The van der Waals surface area contributed by atoms with Gasteiger partial charge in [-0.1, -0.05) is 73.0 Å². The van der Waals surface area contributed by atoms with Crippen molar-refractivity contribution in [2.75, 3.05) is 6.61 Å². The van der Waals surface area contributed by atoms with Crippen LogP contribution in [0.25, 0.3) is 0 Å². The second kappa shape index (κ2) is 8.55. The predicted octanol–water partition coefficient (Wildman–Crippen LogP) is 7.22. The van der Waals surface area contributed by atoms with Crippen LogP contribution in [0.5, 0.6) is 0 Å². The molecule has 0 aromatic heterocycles. The molecular formula is C20H46O2Si3. The molecule has 0 radical (unpaired) electrons. The van der Waals surface area contributed by atoms with Gasteiger partial charge < -0.3 is 8.85 Å². The van der Waals surface area contributed by atoms with Gasteiger partial charge in [0.15, 0.2) is 16.6 Å². The Balaban J connectivity index is 5.09. The van der Waals surface area contributed by atoms with Crippen molar-refractivity contribution in [1.29, 1.82) is 0 Å². The van der Waals surface area contributed by atoms with Crippen LogP contribution in [0, 0.1) is 0 Å². The number of rotatable bonds is 8. The van der Waals surface area contributed by atoms with Crippen LogP contribution in [-0.2, 0) is 8.85 Å². The molecule has 0 heterocycles. The molecule has 5 heteroatoms. The molecule has 25 heavy (non-hydrogen) atoms. The summed E-state index contributed by atoms with van der Waals surface area (Å²) >= 11 is 0. The highest BCUT2D eigenvalue weighted by Crippen LogP contribution is 2.39. The minimum absolute atomic E-state index is 0.178. The predicted molar refractivity (Wildman–Crippen MR) is 122 cm³/mol. The van der Waals surface area contributed by atoms with E-state index in [1.165, 1.54) is 0 Å². The Morgan fingerprint density at radius 3 is 1.56 bits per heavy atom. The smallest absolute Gasteiger partial charge is 0.192 e. The average Bonchev–Trinajstić information content (AvgIpc) is 2.31. The Kier molecular flexibility index (Phi) is 8.65. The summed E-state index contributed by atoms with van der Waals surface area (Å²) in [6.07, 6.45) is 3.47. The lowest BCUT2D eigenvalue weighted by Gasteiger charge is -2.40. The van der Waals surface area contributed by atoms with Crippen molar-refractivity contribution in [2.24, 2.45) is 0 Å². The van der Waals surface area contributed by atoms with Gasteiger partial charge in [0.25, 0.3) is 0 Å². The van der Waals surface area contributed by atoms with Crippen LogP contribution in [-0.4, -0.2) is 37.4 Å². The molecule has 0 rings (SSSR count). The summed E-state index contributed by atoms with van der Waals surface area (Å²) in [5, 5.41) is 0.496. The lowest BCUT2D eigenvalue weighted by atomic mass is 10.2. The van der Waals surface area contributed by atoms with Crippen molar-refractivity contribution in [3.63, 3.8) is 0 Å². The topological polar surface area (TPSA) is 18.5 Å². The number of hydrogen-bond donors (Lipinski definition) is 0. The maximum atomic E-state index is 6.71. The Bertz CT molecular complexity index is 435. The standard InChI is InChI=1S/C20H46O2Si3/c1-19(2,3)24(10,11)21-16-14-18(15-17-23(7,8)9)22-25(12,13)20(4,5)6/h15,17-18H,14,16H2,1-13H3/b17-15+/t18-/m1/s1. The van der Waals surface area contributed by atoms with E-state index in [2.05, 4.69) is 99.1 Å². The molecule has 0 spiro atoms. The van der Waals surface area contributed by atoms with Crippen LogP contribution in [0.1, 0.15) is 48.0 Å². The van der Waals surface area contributed by atoms with Gasteiger partial charge in [0.2, 0.25) is 0 Å². The minimum atomic E-state index is -1.78. The molecule has 0 saturated carbocycles. The first-order chi connectivity index (χ1) is 10.8. The molecule has 0 aliphatic carbocycles. The third-order valence-corrected chi connectivity index (χ3v) is 16.0. The maximum Gasteiger partial charge on any atom is 0.192 e. The minimum Gasteiger partial charge on any atom is -0.417 e. The van der Waals surface area contributed by atoms with E-state index in [1.807, 2.05) is 0 Å². The first-order valence-corrected chi connectivity index (χ1v) is 19.2. The van der Waals surface area contributed by atoms with Crippen LogP contribution in [0.2, 0.25) is 55.9 Å². The third-order valence-electron chi connectivity index (χ3n) is 5.73. The summed E-state index contributed by atoms with van der Waals surface area (Å²) in [6.45, 7) is 31.1. The molecule has 1 atom stereocenters. The molecule has 2 nitrogen and oxygen atoms in total. The van der Waals surface area contributed by atoms with Crippen molar-refractivity contribution >= 4 is 24.7 Å². The first kappa shape index (κ1) is 25.3. The fraction of sp³-hybridized carbons (Fsp3) is 0.900. The molecule has 0 fully saturated rings. The van der Waals surface area contributed by atoms with Gasteiger partial charge in [0.05, 0.1) is 14.2 Å². The SMILES string of the molecule is CC(C)(C)[Si](C)(C)OCC[C@H](/C=C/[Si](C)(C)C)O[Si](C)(C)C(C)(C)C. The van der Waals surface area contributed by atoms with Crippen molar-refractivity contribution in [2.45, 2.75) is 110 Å². The van der Waals surface area contributed by atoms with Crippen molar-refractivity contribution in [3.8, 4) is 0 Å².